The number of nitrogens with two attached hydrogens (primary N) is 1. The van der Waals surface area contributed by atoms with Crippen molar-refractivity contribution in [1.82, 2.24) is 24.7 Å². The summed E-state index contributed by atoms with van der Waals surface area (Å²) >= 11 is 1.26. The van der Waals surface area contributed by atoms with Crippen LogP contribution in [0, 0.1) is 5.92 Å². The highest BCUT2D eigenvalue weighted by atomic mass is 32.1. The third kappa shape index (κ3) is 2.78. The molecule has 0 radical (unpaired) electrons. The minimum atomic E-state index is -0.0988. The molecule has 122 valence electrons. The average molecular weight is 342 g/mol. The summed E-state index contributed by atoms with van der Waals surface area (Å²) in [6, 6.07) is 3.68. The van der Waals surface area contributed by atoms with Gasteiger partial charge in [-0.25, -0.2) is 19.6 Å². The van der Waals surface area contributed by atoms with Gasteiger partial charge in [0.05, 0.1) is 12.1 Å². The molecule has 0 aromatic carbocycles. The highest BCUT2D eigenvalue weighted by molar-refractivity contribution is 7.19. The molecule has 1 amide bonds. The fraction of sp³-hybridized carbons (Fsp3) is 0.214. The summed E-state index contributed by atoms with van der Waals surface area (Å²) in [6.07, 6.45) is 6.54. The van der Waals surface area contributed by atoms with Gasteiger partial charge in [0.15, 0.2) is 10.9 Å². The van der Waals surface area contributed by atoms with Gasteiger partial charge in [-0.3, -0.25) is 4.79 Å². The number of nitrogens with zero attached hydrogens (tertiary/aromatic N) is 6. The first-order valence-electron chi connectivity index (χ1n) is 7.28. The zero-order valence-electron chi connectivity index (χ0n) is 12.5. The predicted molar refractivity (Wildman–Crippen MR) is 90.0 cm³/mol. The van der Waals surface area contributed by atoms with Crippen LogP contribution in [-0.2, 0) is 4.79 Å². The van der Waals surface area contributed by atoms with Crippen LogP contribution in [0.3, 0.4) is 0 Å². The Bertz CT molecular complexity index is 855. The van der Waals surface area contributed by atoms with Crippen LogP contribution in [0.5, 0.6) is 0 Å². The highest BCUT2D eigenvalue weighted by Crippen LogP contribution is 2.26. The van der Waals surface area contributed by atoms with E-state index in [2.05, 4.69) is 25.4 Å². The lowest BCUT2D eigenvalue weighted by Crippen LogP contribution is -2.52. The van der Waals surface area contributed by atoms with E-state index in [-0.39, 0.29) is 11.8 Å². The van der Waals surface area contributed by atoms with Gasteiger partial charge in [0.25, 0.3) is 0 Å². The van der Waals surface area contributed by atoms with E-state index in [9.17, 15) is 4.79 Å². The Labute approximate surface area is 141 Å². The van der Waals surface area contributed by atoms with Crippen molar-refractivity contribution in [2.45, 2.75) is 0 Å². The molecule has 0 aliphatic carbocycles. The van der Waals surface area contributed by atoms with Crippen LogP contribution in [0.25, 0.3) is 5.82 Å². The second-order valence-corrected chi connectivity index (χ2v) is 6.41. The summed E-state index contributed by atoms with van der Waals surface area (Å²) in [4.78, 5) is 26.7. The van der Waals surface area contributed by atoms with E-state index in [0.717, 1.165) is 5.82 Å². The second-order valence-electron chi connectivity index (χ2n) is 5.34. The molecule has 1 aliphatic rings. The molecule has 3 aromatic heterocycles. The SMILES string of the molecule is Nc1cnc(NC(=O)C2CN(c3cc(-n4cccn4)ncn3)C2)s1. The Morgan fingerprint density at radius 3 is 2.83 bits per heavy atom. The van der Waals surface area contributed by atoms with Crippen molar-refractivity contribution < 1.29 is 4.79 Å². The Kier molecular flexibility index (Phi) is 3.58. The van der Waals surface area contributed by atoms with E-state index in [1.807, 2.05) is 23.2 Å². The molecule has 3 aromatic rings. The zero-order chi connectivity index (χ0) is 16.5. The summed E-state index contributed by atoms with van der Waals surface area (Å²) in [6.45, 7) is 1.20. The number of nitrogens with one attached hydrogen (secondary N) is 1. The second kappa shape index (κ2) is 5.89. The lowest BCUT2D eigenvalue weighted by molar-refractivity contribution is -0.120. The molecule has 0 atom stereocenters. The lowest BCUT2D eigenvalue weighted by Gasteiger charge is -2.38. The molecule has 24 heavy (non-hydrogen) atoms. The van der Waals surface area contributed by atoms with E-state index in [1.54, 1.807) is 10.9 Å². The van der Waals surface area contributed by atoms with Crippen molar-refractivity contribution in [1.29, 1.82) is 0 Å². The van der Waals surface area contributed by atoms with E-state index in [4.69, 9.17) is 5.73 Å². The van der Waals surface area contributed by atoms with Crippen molar-refractivity contribution in [3.8, 4) is 5.82 Å². The summed E-state index contributed by atoms with van der Waals surface area (Å²) in [5.74, 6) is 1.31. The lowest BCUT2D eigenvalue weighted by atomic mass is 9.99. The number of nitrogen functional groups attached to an aromatic ring is 1. The van der Waals surface area contributed by atoms with E-state index in [0.29, 0.717) is 29.0 Å². The van der Waals surface area contributed by atoms with Crippen LogP contribution in [0.15, 0.2) is 37.1 Å². The first-order chi connectivity index (χ1) is 11.7. The maximum Gasteiger partial charge on any atom is 0.232 e. The van der Waals surface area contributed by atoms with Crippen molar-refractivity contribution in [3.63, 3.8) is 0 Å². The van der Waals surface area contributed by atoms with Crippen LogP contribution < -0.4 is 16.0 Å². The third-order valence-electron chi connectivity index (χ3n) is 3.71. The smallest absolute Gasteiger partial charge is 0.232 e. The van der Waals surface area contributed by atoms with E-state index < -0.39 is 0 Å². The number of carbonyl (C=O) groups is 1. The number of anilines is 3. The van der Waals surface area contributed by atoms with Gasteiger partial charge in [0.2, 0.25) is 5.91 Å². The zero-order valence-corrected chi connectivity index (χ0v) is 13.3. The Balaban J connectivity index is 1.39. The van der Waals surface area contributed by atoms with Gasteiger partial charge >= 0.3 is 0 Å². The Hall–Kier alpha value is -3.01. The molecule has 9 nitrogen and oxygen atoms in total. The van der Waals surface area contributed by atoms with E-state index >= 15 is 0 Å². The van der Waals surface area contributed by atoms with Crippen molar-refractivity contribution in [3.05, 3.63) is 37.1 Å². The molecule has 4 heterocycles. The molecule has 0 bridgehead atoms. The molecular formula is C14H14N8OS. The van der Waals surface area contributed by atoms with Crippen LogP contribution >= 0.6 is 11.3 Å². The van der Waals surface area contributed by atoms with Crippen molar-refractivity contribution in [2.75, 3.05) is 29.0 Å². The van der Waals surface area contributed by atoms with Gasteiger partial charge in [0, 0.05) is 31.5 Å². The normalized spacial score (nSPS) is 14.4. The van der Waals surface area contributed by atoms with Crippen LogP contribution in [-0.4, -0.2) is 43.7 Å². The van der Waals surface area contributed by atoms with Gasteiger partial charge in [-0.05, 0) is 6.07 Å². The molecule has 3 N–H and O–H groups in total. The number of rotatable bonds is 4. The van der Waals surface area contributed by atoms with Crippen LogP contribution in [0.2, 0.25) is 0 Å². The topological polar surface area (TPSA) is 115 Å². The molecule has 0 saturated carbocycles. The number of thiazole rings is 1. The molecule has 0 spiro atoms. The summed E-state index contributed by atoms with van der Waals surface area (Å²) in [5.41, 5.74) is 5.60. The summed E-state index contributed by atoms with van der Waals surface area (Å²) in [5, 5.41) is 8.04. The first kappa shape index (κ1) is 14.6. The number of hydrogen-bond donors (Lipinski definition) is 2. The molecular weight excluding hydrogens is 328 g/mol. The largest absolute Gasteiger partial charge is 0.389 e. The van der Waals surface area contributed by atoms with Gasteiger partial charge in [-0.1, -0.05) is 11.3 Å². The fourth-order valence-electron chi connectivity index (χ4n) is 2.42. The van der Waals surface area contributed by atoms with Gasteiger partial charge < -0.3 is 16.0 Å². The number of carbonyl (C=O) groups excluding carboxylic acids is 1. The number of hydrogen-bond acceptors (Lipinski definition) is 8. The standard InChI is InChI=1S/C14H14N8OS/c15-10-5-16-14(24-10)20-13(23)9-6-21(7-9)11-4-12(18-8-17-11)22-3-1-2-19-22/h1-5,8-9H,6-7,15H2,(H,16,20,23). The first-order valence-corrected chi connectivity index (χ1v) is 8.10. The van der Waals surface area contributed by atoms with Crippen molar-refractivity contribution in [2.24, 2.45) is 5.92 Å². The summed E-state index contributed by atoms with van der Waals surface area (Å²) in [7, 11) is 0. The number of amides is 1. The molecule has 1 saturated heterocycles. The van der Waals surface area contributed by atoms with E-state index in [1.165, 1.54) is 23.9 Å². The van der Waals surface area contributed by atoms with Crippen molar-refractivity contribution >= 4 is 33.2 Å². The minimum absolute atomic E-state index is 0.0537. The maximum atomic E-state index is 12.2. The van der Waals surface area contributed by atoms with Gasteiger partial charge in [-0.2, -0.15) is 5.10 Å². The summed E-state index contributed by atoms with van der Waals surface area (Å²) < 4.78 is 1.67. The van der Waals surface area contributed by atoms with Crippen LogP contribution in [0.1, 0.15) is 0 Å². The Morgan fingerprint density at radius 2 is 2.12 bits per heavy atom. The molecule has 1 aliphatic heterocycles. The maximum absolute atomic E-state index is 12.2. The minimum Gasteiger partial charge on any atom is -0.389 e. The van der Waals surface area contributed by atoms with Gasteiger partial charge in [-0.15, -0.1) is 0 Å². The molecule has 1 fully saturated rings. The average Bonchev–Trinajstić information content (AvgIpc) is 3.18. The van der Waals surface area contributed by atoms with Gasteiger partial charge in [0.1, 0.15) is 17.1 Å². The highest BCUT2D eigenvalue weighted by Gasteiger charge is 2.34. The fourth-order valence-corrected chi connectivity index (χ4v) is 3.01. The molecule has 0 unspecified atom stereocenters. The number of aromatic nitrogens is 5. The monoisotopic (exact) mass is 342 g/mol. The Morgan fingerprint density at radius 1 is 1.29 bits per heavy atom. The predicted octanol–water partition coefficient (Wildman–Crippen LogP) is 0.776. The molecule has 4 rings (SSSR count). The molecule has 10 heteroatoms. The van der Waals surface area contributed by atoms with Crippen LogP contribution in [0.4, 0.5) is 16.0 Å². The third-order valence-corrected chi connectivity index (χ3v) is 4.45. The quantitative estimate of drug-likeness (QED) is 0.720.